The highest BCUT2D eigenvalue weighted by Crippen LogP contribution is 2.57. The van der Waals surface area contributed by atoms with Gasteiger partial charge in [-0.1, -0.05) is 30.3 Å². The molecular formula is C16H24N2O. The summed E-state index contributed by atoms with van der Waals surface area (Å²) in [4.78, 5) is 14.8. The zero-order valence-corrected chi connectivity index (χ0v) is 11.9. The lowest BCUT2D eigenvalue weighted by Gasteiger charge is -2.26. The van der Waals surface area contributed by atoms with Crippen LogP contribution in [0.3, 0.4) is 0 Å². The van der Waals surface area contributed by atoms with Gasteiger partial charge in [0.05, 0.1) is 5.41 Å². The number of carbonyl (C=O) groups is 1. The monoisotopic (exact) mass is 260 g/mol. The highest BCUT2D eigenvalue weighted by molar-refractivity contribution is 5.92. The average Bonchev–Trinajstić information content (AvgIpc) is 3.17. The summed E-state index contributed by atoms with van der Waals surface area (Å²) in [5, 5.41) is 0. The maximum absolute atomic E-state index is 12.9. The predicted octanol–water partition coefficient (Wildman–Crippen LogP) is 2.16. The molecule has 1 aromatic rings. The minimum atomic E-state index is -0.299. The van der Waals surface area contributed by atoms with Gasteiger partial charge in [-0.15, -0.1) is 0 Å². The molecular weight excluding hydrogens is 236 g/mol. The van der Waals surface area contributed by atoms with Gasteiger partial charge in [-0.25, -0.2) is 0 Å². The summed E-state index contributed by atoms with van der Waals surface area (Å²) in [6.45, 7) is 6.30. The Balaban J connectivity index is 2.30. The van der Waals surface area contributed by atoms with Crippen molar-refractivity contribution in [1.29, 1.82) is 0 Å². The summed E-state index contributed by atoms with van der Waals surface area (Å²) in [5.74, 6) is 0.690. The first-order valence-corrected chi connectivity index (χ1v) is 7.25. The van der Waals surface area contributed by atoms with Crippen LogP contribution in [0.5, 0.6) is 0 Å². The molecule has 1 aliphatic rings. The van der Waals surface area contributed by atoms with Gasteiger partial charge in [-0.2, -0.15) is 0 Å². The van der Waals surface area contributed by atoms with E-state index in [-0.39, 0.29) is 11.3 Å². The highest BCUT2D eigenvalue weighted by atomic mass is 16.2. The molecule has 1 saturated carbocycles. The number of carbonyl (C=O) groups excluding carboxylic acids is 1. The Hall–Kier alpha value is -1.35. The molecule has 0 radical (unpaired) electrons. The normalized spacial score (nSPS) is 25.1. The summed E-state index contributed by atoms with van der Waals surface area (Å²) < 4.78 is 0. The number of nitrogens with two attached hydrogens (primary N) is 1. The highest BCUT2D eigenvalue weighted by Gasteiger charge is 2.61. The summed E-state index contributed by atoms with van der Waals surface area (Å²) in [7, 11) is 0. The quantitative estimate of drug-likeness (QED) is 0.852. The molecule has 3 heteroatoms. The van der Waals surface area contributed by atoms with Crippen molar-refractivity contribution >= 4 is 5.91 Å². The van der Waals surface area contributed by atoms with Crippen LogP contribution in [0, 0.1) is 5.92 Å². The van der Waals surface area contributed by atoms with Gasteiger partial charge in [0.15, 0.2) is 0 Å². The van der Waals surface area contributed by atoms with Crippen molar-refractivity contribution in [1.82, 2.24) is 4.90 Å². The van der Waals surface area contributed by atoms with E-state index in [1.807, 2.05) is 36.9 Å². The van der Waals surface area contributed by atoms with Gasteiger partial charge < -0.3 is 10.6 Å². The van der Waals surface area contributed by atoms with Crippen LogP contribution in [0.1, 0.15) is 32.3 Å². The molecule has 1 amide bonds. The second kappa shape index (κ2) is 5.74. The first-order valence-electron chi connectivity index (χ1n) is 7.25. The second-order valence-electron chi connectivity index (χ2n) is 5.29. The number of rotatable bonds is 6. The molecule has 3 nitrogen and oxygen atoms in total. The maximum atomic E-state index is 12.9. The van der Waals surface area contributed by atoms with E-state index in [1.54, 1.807) is 0 Å². The summed E-state index contributed by atoms with van der Waals surface area (Å²) in [6.07, 6.45) is 1.88. The Kier molecular flexibility index (Phi) is 4.25. The van der Waals surface area contributed by atoms with Crippen LogP contribution >= 0.6 is 0 Å². The lowest BCUT2D eigenvalue weighted by atomic mass is 9.90. The lowest BCUT2D eigenvalue weighted by molar-refractivity contribution is -0.134. The van der Waals surface area contributed by atoms with Crippen molar-refractivity contribution < 1.29 is 4.79 Å². The van der Waals surface area contributed by atoms with Crippen LogP contribution in [-0.4, -0.2) is 30.4 Å². The first-order chi connectivity index (χ1) is 9.20. The Morgan fingerprint density at radius 2 is 1.95 bits per heavy atom. The fourth-order valence-corrected chi connectivity index (χ4v) is 3.15. The van der Waals surface area contributed by atoms with Crippen LogP contribution in [0.4, 0.5) is 0 Å². The molecule has 0 spiro atoms. The molecule has 1 aliphatic carbocycles. The third-order valence-corrected chi connectivity index (χ3v) is 4.34. The second-order valence-corrected chi connectivity index (χ2v) is 5.29. The fourth-order valence-electron chi connectivity index (χ4n) is 3.15. The first kappa shape index (κ1) is 14.1. The summed E-state index contributed by atoms with van der Waals surface area (Å²) in [5.41, 5.74) is 6.54. The molecule has 0 aromatic heterocycles. The van der Waals surface area contributed by atoms with Gasteiger partial charge >= 0.3 is 0 Å². The van der Waals surface area contributed by atoms with E-state index < -0.39 is 0 Å². The number of likely N-dealkylation sites (N-methyl/N-ethyl adjacent to an activating group) is 1. The summed E-state index contributed by atoms with van der Waals surface area (Å²) >= 11 is 0. The Labute approximate surface area is 115 Å². The van der Waals surface area contributed by atoms with Crippen LogP contribution in [0.25, 0.3) is 0 Å². The SMILES string of the molecule is CCN(CC)C(=O)[C@]1(c2ccccc2)C[C@H]1CCN. The molecule has 2 N–H and O–H groups in total. The Morgan fingerprint density at radius 1 is 1.32 bits per heavy atom. The molecule has 0 saturated heterocycles. The van der Waals surface area contributed by atoms with Crippen LogP contribution < -0.4 is 5.73 Å². The van der Waals surface area contributed by atoms with Crippen molar-refractivity contribution in [3.05, 3.63) is 35.9 Å². The summed E-state index contributed by atoms with van der Waals surface area (Å²) in [6, 6.07) is 10.2. The maximum Gasteiger partial charge on any atom is 0.233 e. The van der Waals surface area contributed by atoms with Gasteiger partial charge in [-0.05, 0) is 44.7 Å². The Morgan fingerprint density at radius 3 is 2.47 bits per heavy atom. The lowest BCUT2D eigenvalue weighted by Crippen LogP contribution is -2.40. The van der Waals surface area contributed by atoms with E-state index in [1.165, 1.54) is 0 Å². The minimum absolute atomic E-state index is 0.280. The van der Waals surface area contributed by atoms with Gasteiger partial charge in [-0.3, -0.25) is 4.79 Å². The molecule has 0 heterocycles. The zero-order chi connectivity index (χ0) is 13.9. The van der Waals surface area contributed by atoms with E-state index >= 15 is 0 Å². The minimum Gasteiger partial charge on any atom is -0.342 e. The molecule has 2 atom stereocenters. The van der Waals surface area contributed by atoms with Crippen LogP contribution in [-0.2, 0) is 10.2 Å². The van der Waals surface area contributed by atoms with Crippen molar-refractivity contribution in [2.45, 2.75) is 32.1 Å². The fraction of sp³-hybridized carbons (Fsp3) is 0.562. The largest absolute Gasteiger partial charge is 0.342 e. The van der Waals surface area contributed by atoms with E-state index in [0.29, 0.717) is 12.5 Å². The molecule has 1 aromatic carbocycles. The molecule has 104 valence electrons. The average molecular weight is 260 g/mol. The third kappa shape index (κ3) is 2.39. The molecule has 1 fully saturated rings. The van der Waals surface area contributed by atoms with E-state index in [2.05, 4.69) is 12.1 Å². The molecule has 0 unspecified atom stereocenters. The number of benzene rings is 1. The molecule has 19 heavy (non-hydrogen) atoms. The van der Waals surface area contributed by atoms with Gasteiger partial charge in [0.1, 0.15) is 0 Å². The van der Waals surface area contributed by atoms with Gasteiger partial charge in [0, 0.05) is 13.1 Å². The third-order valence-electron chi connectivity index (χ3n) is 4.34. The van der Waals surface area contributed by atoms with Crippen molar-refractivity contribution in [3.63, 3.8) is 0 Å². The van der Waals surface area contributed by atoms with Crippen molar-refractivity contribution in [2.24, 2.45) is 11.7 Å². The number of hydrogen-bond donors (Lipinski definition) is 1. The molecule has 0 bridgehead atoms. The van der Waals surface area contributed by atoms with E-state index in [0.717, 1.165) is 31.5 Å². The zero-order valence-electron chi connectivity index (χ0n) is 11.9. The van der Waals surface area contributed by atoms with Crippen molar-refractivity contribution in [3.8, 4) is 0 Å². The Bertz CT molecular complexity index is 428. The van der Waals surface area contributed by atoms with Gasteiger partial charge in [0.25, 0.3) is 0 Å². The molecule has 0 aliphatic heterocycles. The van der Waals surface area contributed by atoms with Crippen LogP contribution in [0.15, 0.2) is 30.3 Å². The van der Waals surface area contributed by atoms with Crippen molar-refractivity contribution in [2.75, 3.05) is 19.6 Å². The molecule has 2 rings (SSSR count). The number of amides is 1. The predicted molar refractivity (Wildman–Crippen MR) is 77.8 cm³/mol. The standard InChI is InChI=1S/C16H24N2O/c1-3-18(4-2)15(19)16(12-14(16)10-11-17)13-8-6-5-7-9-13/h5-9,14H,3-4,10-12,17H2,1-2H3/t14-,16+/m1/s1. The van der Waals surface area contributed by atoms with E-state index in [4.69, 9.17) is 5.73 Å². The van der Waals surface area contributed by atoms with Crippen LogP contribution in [0.2, 0.25) is 0 Å². The van der Waals surface area contributed by atoms with E-state index in [9.17, 15) is 4.79 Å². The number of nitrogens with zero attached hydrogens (tertiary/aromatic N) is 1. The smallest absolute Gasteiger partial charge is 0.233 e. The number of hydrogen-bond acceptors (Lipinski definition) is 2. The topological polar surface area (TPSA) is 46.3 Å². The van der Waals surface area contributed by atoms with Gasteiger partial charge in [0.2, 0.25) is 5.91 Å².